The molecule has 0 bridgehead atoms. The van der Waals surface area contributed by atoms with E-state index in [0.717, 1.165) is 24.1 Å². The molecule has 0 atom stereocenters. The Morgan fingerprint density at radius 3 is 2.82 bits per heavy atom. The number of nitrogens with zero attached hydrogens (tertiary/aromatic N) is 2. The number of hydrogen-bond donors (Lipinski definition) is 1. The first-order chi connectivity index (χ1) is 8.34. The lowest BCUT2D eigenvalue weighted by molar-refractivity contribution is 0.576. The Bertz CT molecular complexity index is 520. The van der Waals surface area contributed by atoms with Crippen LogP contribution in [0.2, 0.25) is 0 Å². The zero-order valence-electron chi connectivity index (χ0n) is 9.65. The Balaban J connectivity index is 2.09. The van der Waals surface area contributed by atoms with E-state index in [1.54, 1.807) is 6.26 Å². The minimum absolute atomic E-state index is 0.605. The van der Waals surface area contributed by atoms with Gasteiger partial charge < -0.3 is 10.2 Å². The summed E-state index contributed by atoms with van der Waals surface area (Å²) >= 11 is 0. The fourth-order valence-corrected chi connectivity index (χ4v) is 2.32. The van der Waals surface area contributed by atoms with Gasteiger partial charge in [-0.05, 0) is 37.8 Å². The van der Waals surface area contributed by atoms with Crippen molar-refractivity contribution >= 4 is 5.82 Å². The zero-order valence-corrected chi connectivity index (χ0v) is 9.65. The highest BCUT2D eigenvalue weighted by Gasteiger charge is 2.16. The van der Waals surface area contributed by atoms with Crippen LogP contribution in [0, 0.1) is 0 Å². The molecule has 0 unspecified atom stereocenters. The molecule has 88 valence electrons. The van der Waals surface area contributed by atoms with Gasteiger partial charge >= 0.3 is 0 Å². The molecule has 0 fully saturated rings. The maximum absolute atomic E-state index is 6.02. The Hall–Kier alpha value is -1.84. The van der Waals surface area contributed by atoms with E-state index >= 15 is 0 Å². The molecule has 1 aliphatic rings. The van der Waals surface area contributed by atoms with Gasteiger partial charge in [0.25, 0.3) is 0 Å². The summed E-state index contributed by atoms with van der Waals surface area (Å²) < 4.78 is 5.32. The number of furan rings is 1. The summed E-state index contributed by atoms with van der Waals surface area (Å²) in [5, 5.41) is 0. The molecule has 0 amide bonds. The Morgan fingerprint density at radius 2 is 2.00 bits per heavy atom. The SMILES string of the molecule is Nc1nc(-c2ccco2)nc2c1CCCCC2. The Morgan fingerprint density at radius 1 is 1.12 bits per heavy atom. The monoisotopic (exact) mass is 229 g/mol. The molecule has 0 saturated carbocycles. The second kappa shape index (κ2) is 4.20. The largest absolute Gasteiger partial charge is 0.461 e. The van der Waals surface area contributed by atoms with Crippen LogP contribution in [-0.4, -0.2) is 9.97 Å². The van der Waals surface area contributed by atoms with Gasteiger partial charge in [-0.25, -0.2) is 9.97 Å². The topological polar surface area (TPSA) is 64.9 Å². The first-order valence-electron chi connectivity index (χ1n) is 6.04. The fourth-order valence-electron chi connectivity index (χ4n) is 2.32. The number of fused-ring (bicyclic) bond motifs is 1. The summed E-state index contributed by atoms with van der Waals surface area (Å²) in [7, 11) is 0. The quantitative estimate of drug-likeness (QED) is 0.763. The van der Waals surface area contributed by atoms with Crippen molar-refractivity contribution in [3.05, 3.63) is 29.7 Å². The molecular weight excluding hydrogens is 214 g/mol. The second-order valence-electron chi connectivity index (χ2n) is 4.40. The molecular formula is C13H15N3O. The van der Waals surface area contributed by atoms with Gasteiger partial charge in [0.1, 0.15) is 5.82 Å². The van der Waals surface area contributed by atoms with Gasteiger partial charge in [-0.1, -0.05) is 6.42 Å². The molecule has 2 N–H and O–H groups in total. The van der Waals surface area contributed by atoms with Crippen LogP contribution in [-0.2, 0) is 12.8 Å². The minimum atomic E-state index is 0.605. The maximum atomic E-state index is 6.02. The number of aromatic nitrogens is 2. The number of nitrogens with two attached hydrogens (primary N) is 1. The Labute approximate surface area is 99.9 Å². The Kier molecular flexibility index (Phi) is 2.55. The smallest absolute Gasteiger partial charge is 0.197 e. The molecule has 3 rings (SSSR count). The van der Waals surface area contributed by atoms with Gasteiger partial charge in [0, 0.05) is 11.3 Å². The van der Waals surface area contributed by atoms with Gasteiger partial charge in [-0.15, -0.1) is 0 Å². The van der Waals surface area contributed by atoms with E-state index in [4.69, 9.17) is 10.2 Å². The number of rotatable bonds is 1. The van der Waals surface area contributed by atoms with Crippen LogP contribution in [0.4, 0.5) is 5.82 Å². The third kappa shape index (κ3) is 1.90. The molecule has 17 heavy (non-hydrogen) atoms. The lowest BCUT2D eigenvalue weighted by Crippen LogP contribution is -2.06. The van der Waals surface area contributed by atoms with E-state index in [2.05, 4.69) is 9.97 Å². The number of anilines is 1. The lowest BCUT2D eigenvalue weighted by atomic mass is 10.1. The highest BCUT2D eigenvalue weighted by atomic mass is 16.3. The van der Waals surface area contributed by atoms with E-state index in [1.807, 2.05) is 12.1 Å². The molecule has 2 aromatic heterocycles. The van der Waals surface area contributed by atoms with E-state index < -0.39 is 0 Å². The van der Waals surface area contributed by atoms with E-state index in [1.165, 1.54) is 19.3 Å². The molecule has 4 nitrogen and oxygen atoms in total. The van der Waals surface area contributed by atoms with Crippen molar-refractivity contribution in [3.8, 4) is 11.6 Å². The van der Waals surface area contributed by atoms with Crippen molar-refractivity contribution in [2.45, 2.75) is 32.1 Å². The number of hydrogen-bond acceptors (Lipinski definition) is 4. The van der Waals surface area contributed by atoms with Crippen LogP contribution in [0.15, 0.2) is 22.8 Å². The molecule has 0 saturated heterocycles. The van der Waals surface area contributed by atoms with Crippen molar-refractivity contribution in [2.75, 3.05) is 5.73 Å². The van der Waals surface area contributed by atoms with Crippen molar-refractivity contribution in [2.24, 2.45) is 0 Å². The minimum Gasteiger partial charge on any atom is -0.461 e. The fraction of sp³-hybridized carbons (Fsp3) is 0.385. The molecule has 1 aliphatic carbocycles. The summed E-state index contributed by atoms with van der Waals surface area (Å²) in [6.45, 7) is 0. The molecule has 0 aliphatic heterocycles. The van der Waals surface area contributed by atoms with Gasteiger partial charge in [0.15, 0.2) is 11.6 Å². The van der Waals surface area contributed by atoms with Crippen molar-refractivity contribution in [3.63, 3.8) is 0 Å². The average Bonchev–Trinajstić information content (AvgIpc) is 2.75. The van der Waals surface area contributed by atoms with Crippen LogP contribution in [0.25, 0.3) is 11.6 Å². The van der Waals surface area contributed by atoms with Crippen LogP contribution in [0.5, 0.6) is 0 Å². The summed E-state index contributed by atoms with van der Waals surface area (Å²) in [4.78, 5) is 8.94. The zero-order chi connectivity index (χ0) is 11.7. The molecule has 4 heteroatoms. The summed E-state index contributed by atoms with van der Waals surface area (Å²) in [6, 6.07) is 3.69. The van der Waals surface area contributed by atoms with Crippen LogP contribution < -0.4 is 5.73 Å². The first kappa shape index (κ1) is 10.3. The molecule has 2 aromatic rings. The van der Waals surface area contributed by atoms with E-state index in [-0.39, 0.29) is 0 Å². The van der Waals surface area contributed by atoms with Crippen LogP contribution in [0.3, 0.4) is 0 Å². The van der Waals surface area contributed by atoms with Crippen molar-refractivity contribution in [1.29, 1.82) is 0 Å². The maximum Gasteiger partial charge on any atom is 0.197 e. The first-order valence-corrected chi connectivity index (χ1v) is 6.04. The predicted molar refractivity (Wildman–Crippen MR) is 65.4 cm³/mol. The average molecular weight is 229 g/mol. The van der Waals surface area contributed by atoms with Gasteiger partial charge in [0.05, 0.1) is 6.26 Å². The lowest BCUT2D eigenvalue weighted by Gasteiger charge is -2.08. The summed E-state index contributed by atoms with van der Waals surface area (Å²) in [5.74, 6) is 1.90. The summed E-state index contributed by atoms with van der Waals surface area (Å²) in [5.41, 5.74) is 8.26. The van der Waals surface area contributed by atoms with E-state index in [9.17, 15) is 0 Å². The third-order valence-electron chi connectivity index (χ3n) is 3.21. The third-order valence-corrected chi connectivity index (χ3v) is 3.21. The number of aryl methyl sites for hydroxylation is 1. The molecule has 2 heterocycles. The van der Waals surface area contributed by atoms with Crippen molar-refractivity contribution in [1.82, 2.24) is 9.97 Å². The standard InChI is InChI=1S/C13H15N3O/c14-12-9-5-2-1-3-6-10(9)15-13(16-12)11-7-4-8-17-11/h4,7-8H,1-3,5-6H2,(H2,14,15,16). The van der Waals surface area contributed by atoms with Gasteiger partial charge in [-0.3, -0.25) is 0 Å². The van der Waals surface area contributed by atoms with Crippen LogP contribution >= 0.6 is 0 Å². The molecule has 0 radical (unpaired) electrons. The highest BCUT2D eigenvalue weighted by Crippen LogP contribution is 2.26. The highest BCUT2D eigenvalue weighted by molar-refractivity contribution is 5.53. The van der Waals surface area contributed by atoms with Gasteiger partial charge in [0.2, 0.25) is 0 Å². The van der Waals surface area contributed by atoms with Crippen molar-refractivity contribution < 1.29 is 4.42 Å². The summed E-state index contributed by atoms with van der Waals surface area (Å²) in [6.07, 6.45) is 7.23. The van der Waals surface area contributed by atoms with E-state index in [0.29, 0.717) is 17.4 Å². The second-order valence-corrected chi connectivity index (χ2v) is 4.40. The van der Waals surface area contributed by atoms with Crippen LogP contribution in [0.1, 0.15) is 30.5 Å². The predicted octanol–water partition coefficient (Wildman–Crippen LogP) is 2.59. The normalized spacial score (nSPS) is 15.3. The molecule has 0 aromatic carbocycles. The number of nitrogen functional groups attached to an aromatic ring is 1. The van der Waals surface area contributed by atoms with Gasteiger partial charge in [-0.2, -0.15) is 0 Å². The molecule has 0 spiro atoms.